The zero-order chi connectivity index (χ0) is 21.4. The van der Waals surface area contributed by atoms with E-state index < -0.39 is 28.6 Å². The highest BCUT2D eigenvalue weighted by atomic mass is 19.1. The van der Waals surface area contributed by atoms with Crippen molar-refractivity contribution in [3.05, 3.63) is 75.4 Å². The van der Waals surface area contributed by atoms with E-state index in [0.29, 0.717) is 11.3 Å². The average Bonchev–Trinajstić information content (AvgIpc) is 3.09. The smallest absolute Gasteiger partial charge is 0.291 e. The Morgan fingerprint density at radius 1 is 1.10 bits per heavy atom. The fourth-order valence-corrected chi connectivity index (χ4v) is 4.68. The summed E-state index contributed by atoms with van der Waals surface area (Å²) in [5, 5.41) is 0.00663. The number of fused-ring (bicyclic) bond motifs is 5. The van der Waals surface area contributed by atoms with E-state index in [1.165, 1.54) is 21.9 Å². The topological polar surface area (TPSA) is 70.8 Å². The van der Waals surface area contributed by atoms with Crippen LogP contribution in [0.25, 0.3) is 11.0 Å². The van der Waals surface area contributed by atoms with Gasteiger partial charge in [0.2, 0.25) is 5.76 Å². The van der Waals surface area contributed by atoms with Gasteiger partial charge >= 0.3 is 0 Å². The summed E-state index contributed by atoms with van der Waals surface area (Å²) in [5.41, 5.74) is -0.939. The molecule has 1 aromatic heterocycles. The highest BCUT2D eigenvalue weighted by Crippen LogP contribution is 2.52. The quantitative estimate of drug-likeness (QED) is 0.655. The molecule has 0 bridgehead atoms. The summed E-state index contributed by atoms with van der Waals surface area (Å²) in [7, 11) is 1.62. The van der Waals surface area contributed by atoms with E-state index in [-0.39, 0.29) is 34.8 Å². The molecule has 0 saturated heterocycles. The van der Waals surface area contributed by atoms with Gasteiger partial charge in [0.25, 0.3) is 11.8 Å². The number of carbonyl (C=O) groups is 2. The molecule has 30 heavy (non-hydrogen) atoms. The number of hydrogen-bond acceptors (Lipinski definition) is 4. The SMILES string of the molecule is CC(C)CN1C(=O)c2oc3ccc(F)cc3c(=O)c2C12C(=O)N(C)c1ccccc12. The maximum Gasteiger partial charge on any atom is 0.291 e. The van der Waals surface area contributed by atoms with E-state index in [0.717, 1.165) is 6.07 Å². The Labute approximate surface area is 171 Å². The van der Waals surface area contributed by atoms with Crippen molar-refractivity contribution < 1.29 is 18.4 Å². The first-order valence-corrected chi connectivity index (χ1v) is 9.75. The van der Waals surface area contributed by atoms with E-state index in [4.69, 9.17) is 4.42 Å². The van der Waals surface area contributed by atoms with Crippen molar-refractivity contribution in [1.82, 2.24) is 4.90 Å². The number of anilines is 1. The summed E-state index contributed by atoms with van der Waals surface area (Å²) >= 11 is 0. The van der Waals surface area contributed by atoms with Crippen LogP contribution in [0.15, 0.2) is 51.7 Å². The van der Waals surface area contributed by atoms with Gasteiger partial charge in [-0.15, -0.1) is 0 Å². The molecule has 0 aliphatic carbocycles. The molecule has 152 valence electrons. The number of hydrogen-bond donors (Lipinski definition) is 0. The number of likely N-dealkylation sites (N-methyl/N-ethyl adjacent to an activating group) is 1. The predicted molar refractivity (Wildman–Crippen MR) is 109 cm³/mol. The van der Waals surface area contributed by atoms with Crippen molar-refractivity contribution in [2.24, 2.45) is 5.92 Å². The summed E-state index contributed by atoms with van der Waals surface area (Å²) in [6.07, 6.45) is 0. The van der Waals surface area contributed by atoms with Crippen molar-refractivity contribution in [1.29, 1.82) is 0 Å². The fourth-order valence-electron chi connectivity index (χ4n) is 4.68. The second-order valence-corrected chi connectivity index (χ2v) is 8.18. The van der Waals surface area contributed by atoms with Gasteiger partial charge in [-0.05, 0) is 30.2 Å². The Morgan fingerprint density at radius 3 is 2.57 bits per heavy atom. The Morgan fingerprint density at radius 2 is 1.83 bits per heavy atom. The number of rotatable bonds is 2. The van der Waals surface area contributed by atoms with Crippen LogP contribution in [0.4, 0.5) is 10.1 Å². The Kier molecular flexibility index (Phi) is 3.72. The molecule has 0 fully saturated rings. The molecule has 1 unspecified atom stereocenters. The highest BCUT2D eigenvalue weighted by molar-refractivity contribution is 6.16. The summed E-state index contributed by atoms with van der Waals surface area (Å²) in [6.45, 7) is 4.11. The van der Waals surface area contributed by atoms with Crippen LogP contribution in [-0.2, 0) is 10.3 Å². The molecule has 7 heteroatoms. The first-order valence-electron chi connectivity index (χ1n) is 9.75. The number of amides is 2. The van der Waals surface area contributed by atoms with Crippen LogP contribution in [-0.4, -0.2) is 30.3 Å². The van der Waals surface area contributed by atoms with Gasteiger partial charge in [-0.1, -0.05) is 32.0 Å². The summed E-state index contributed by atoms with van der Waals surface area (Å²) in [5.74, 6) is -1.63. The molecule has 1 spiro atoms. The Bertz CT molecular complexity index is 1310. The molecule has 1 atom stereocenters. The third-order valence-electron chi connectivity index (χ3n) is 5.88. The molecule has 0 saturated carbocycles. The van der Waals surface area contributed by atoms with Gasteiger partial charge in [0.1, 0.15) is 11.4 Å². The lowest BCUT2D eigenvalue weighted by molar-refractivity contribution is -0.126. The standard InChI is InChI=1S/C23H19FN2O4/c1-12(2)11-26-21(28)20-18(19(27)14-10-13(24)8-9-17(14)30-20)23(26)15-6-4-5-7-16(15)25(3)22(23)29/h4-10,12H,11H2,1-3H3. The molecule has 2 aromatic carbocycles. The van der Waals surface area contributed by atoms with Crippen molar-refractivity contribution in [2.45, 2.75) is 19.4 Å². The van der Waals surface area contributed by atoms with Crippen molar-refractivity contribution >= 4 is 28.5 Å². The van der Waals surface area contributed by atoms with Gasteiger partial charge in [-0.2, -0.15) is 0 Å². The zero-order valence-electron chi connectivity index (χ0n) is 16.7. The van der Waals surface area contributed by atoms with E-state index in [9.17, 15) is 18.8 Å². The summed E-state index contributed by atoms with van der Waals surface area (Å²) < 4.78 is 19.7. The maximum absolute atomic E-state index is 13.9. The van der Waals surface area contributed by atoms with Crippen LogP contribution < -0.4 is 10.3 Å². The summed E-state index contributed by atoms with van der Waals surface area (Å²) in [6, 6.07) is 10.7. The van der Waals surface area contributed by atoms with Gasteiger partial charge in [-0.25, -0.2) is 4.39 Å². The first kappa shape index (κ1) is 18.5. The molecular formula is C23H19FN2O4. The third kappa shape index (κ3) is 2.09. The fraction of sp³-hybridized carbons (Fsp3) is 0.261. The lowest BCUT2D eigenvalue weighted by Gasteiger charge is -2.35. The highest BCUT2D eigenvalue weighted by Gasteiger charge is 2.64. The molecular weight excluding hydrogens is 387 g/mol. The Balaban J connectivity index is 1.95. The molecule has 6 nitrogen and oxygen atoms in total. The van der Waals surface area contributed by atoms with Crippen LogP contribution in [0, 0.1) is 11.7 Å². The minimum absolute atomic E-state index is 0.00663. The van der Waals surface area contributed by atoms with Crippen molar-refractivity contribution in [3.8, 4) is 0 Å². The van der Waals surface area contributed by atoms with Gasteiger partial charge in [0.15, 0.2) is 11.0 Å². The monoisotopic (exact) mass is 406 g/mol. The normalized spacial score (nSPS) is 20.0. The first-order chi connectivity index (χ1) is 14.3. The summed E-state index contributed by atoms with van der Waals surface area (Å²) in [4.78, 5) is 43.7. The third-order valence-corrected chi connectivity index (χ3v) is 5.88. The van der Waals surface area contributed by atoms with Gasteiger partial charge in [-0.3, -0.25) is 14.4 Å². The molecule has 0 N–H and O–H groups in total. The Hall–Kier alpha value is -3.48. The van der Waals surface area contributed by atoms with Crippen molar-refractivity contribution in [2.75, 3.05) is 18.5 Å². The van der Waals surface area contributed by atoms with Crippen LogP contribution in [0.3, 0.4) is 0 Å². The van der Waals surface area contributed by atoms with Gasteiger partial charge in [0, 0.05) is 24.8 Å². The average molecular weight is 406 g/mol. The molecule has 3 aromatic rings. The van der Waals surface area contributed by atoms with Gasteiger partial charge < -0.3 is 14.2 Å². The van der Waals surface area contributed by atoms with E-state index in [1.807, 2.05) is 13.8 Å². The number of nitrogens with zero attached hydrogens (tertiary/aromatic N) is 2. The molecule has 2 aliphatic rings. The second-order valence-electron chi connectivity index (χ2n) is 8.18. The molecule has 5 rings (SSSR count). The van der Waals surface area contributed by atoms with Gasteiger partial charge in [0.05, 0.1) is 10.9 Å². The van der Waals surface area contributed by atoms with Crippen LogP contribution >= 0.6 is 0 Å². The second kappa shape index (κ2) is 6.01. The number of para-hydroxylation sites is 1. The number of carbonyl (C=O) groups excluding carboxylic acids is 2. The predicted octanol–water partition coefficient (Wildman–Crippen LogP) is 3.26. The molecule has 3 heterocycles. The molecule has 2 aliphatic heterocycles. The van der Waals surface area contributed by atoms with Crippen LogP contribution in [0.5, 0.6) is 0 Å². The minimum atomic E-state index is -1.62. The van der Waals surface area contributed by atoms with Crippen LogP contribution in [0.1, 0.15) is 35.5 Å². The molecule has 2 amide bonds. The molecule has 0 radical (unpaired) electrons. The maximum atomic E-state index is 13.9. The number of benzene rings is 2. The zero-order valence-corrected chi connectivity index (χ0v) is 16.7. The van der Waals surface area contributed by atoms with Crippen molar-refractivity contribution in [3.63, 3.8) is 0 Å². The van der Waals surface area contributed by atoms with E-state index >= 15 is 0 Å². The lowest BCUT2D eigenvalue weighted by Crippen LogP contribution is -2.53. The largest absolute Gasteiger partial charge is 0.450 e. The minimum Gasteiger partial charge on any atom is -0.450 e. The number of halogens is 1. The van der Waals surface area contributed by atoms with E-state index in [1.54, 1.807) is 31.3 Å². The van der Waals surface area contributed by atoms with E-state index in [2.05, 4.69) is 0 Å². The van der Waals surface area contributed by atoms with Crippen LogP contribution in [0.2, 0.25) is 0 Å². The lowest BCUT2D eigenvalue weighted by atomic mass is 9.83.